The summed E-state index contributed by atoms with van der Waals surface area (Å²) in [7, 11) is 1.38. The van der Waals surface area contributed by atoms with Crippen LogP contribution < -0.4 is 15.0 Å². The van der Waals surface area contributed by atoms with Gasteiger partial charge in [-0.15, -0.1) is 0 Å². The number of fused-ring (bicyclic) bond motifs is 1. The summed E-state index contributed by atoms with van der Waals surface area (Å²) >= 11 is 0. The van der Waals surface area contributed by atoms with Crippen molar-refractivity contribution in [3.05, 3.63) is 53.1 Å². The van der Waals surface area contributed by atoms with Crippen LogP contribution in [0.2, 0.25) is 0 Å². The maximum atomic E-state index is 14.0. The van der Waals surface area contributed by atoms with Crippen LogP contribution in [0.15, 0.2) is 36.4 Å². The number of nitrogens with one attached hydrogen (secondary N) is 1. The highest BCUT2D eigenvalue weighted by Crippen LogP contribution is 2.52. The average Bonchev–Trinajstić information content (AvgIpc) is 3.33. The van der Waals surface area contributed by atoms with E-state index in [9.17, 15) is 29.7 Å². The molecule has 2 heterocycles. The number of carbonyl (C=O) groups is 3. The SMILES string of the molecule is CCc1cccc(CC)c1N1C(=O)C2C(c3ccc(O)c(OC)c3)NC(C(=O)O)(C(C)O)C2C1=O. The molecule has 5 atom stereocenters. The lowest BCUT2D eigenvalue weighted by Gasteiger charge is -2.34. The third-order valence-electron chi connectivity index (χ3n) is 7.36. The number of ether oxygens (including phenoxy) is 1. The first kappa shape index (κ1) is 24.7. The van der Waals surface area contributed by atoms with Crippen molar-refractivity contribution in [3.8, 4) is 11.5 Å². The normalized spacial score (nSPS) is 26.7. The Hall–Kier alpha value is -3.43. The van der Waals surface area contributed by atoms with E-state index in [1.54, 1.807) is 6.07 Å². The van der Waals surface area contributed by atoms with Crippen molar-refractivity contribution in [3.63, 3.8) is 0 Å². The lowest BCUT2D eigenvalue weighted by atomic mass is 9.76. The van der Waals surface area contributed by atoms with Gasteiger partial charge in [0.1, 0.15) is 0 Å². The summed E-state index contributed by atoms with van der Waals surface area (Å²) in [5.74, 6) is -5.00. The molecule has 4 N–H and O–H groups in total. The highest BCUT2D eigenvalue weighted by atomic mass is 16.5. The zero-order valence-corrected chi connectivity index (χ0v) is 20.1. The number of aliphatic hydroxyl groups excluding tert-OH is 1. The number of hydrogen-bond acceptors (Lipinski definition) is 7. The number of para-hydroxylation sites is 1. The van der Waals surface area contributed by atoms with Gasteiger partial charge in [-0.2, -0.15) is 0 Å². The van der Waals surface area contributed by atoms with Crippen LogP contribution >= 0.6 is 0 Å². The van der Waals surface area contributed by atoms with E-state index < -0.39 is 47.3 Å². The molecule has 4 rings (SSSR count). The fourth-order valence-corrected chi connectivity index (χ4v) is 5.60. The molecule has 0 bridgehead atoms. The van der Waals surface area contributed by atoms with Crippen LogP contribution in [0, 0.1) is 11.8 Å². The lowest BCUT2D eigenvalue weighted by Crippen LogP contribution is -2.62. The number of rotatable bonds is 7. The number of amides is 2. The molecule has 0 radical (unpaired) electrons. The van der Waals surface area contributed by atoms with E-state index in [1.807, 2.05) is 32.0 Å². The largest absolute Gasteiger partial charge is 0.504 e. The second kappa shape index (κ2) is 8.98. The second-order valence-electron chi connectivity index (χ2n) is 9.05. The fourth-order valence-electron chi connectivity index (χ4n) is 5.60. The van der Waals surface area contributed by atoms with Crippen molar-refractivity contribution in [2.24, 2.45) is 11.8 Å². The van der Waals surface area contributed by atoms with E-state index in [4.69, 9.17) is 4.74 Å². The minimum absolute atomic E-state index is 0.120. The van der Waals surface area contributed by atoms with Crippen LogP contribution in [0.3, 0.4) is 0 Å². The molecule has 5 unspecified atom stereocenters. The van der Waals surface area contributed by atoms with Gasteiger partial charge in [-0.05, 0) is 48.6 Å². The number of aromatic hydroxyl groups is 1. The van der Waals surface area contributed by atoms with Gasteiger partial charge >= 0.3 is 5.97 Å². The number of methoxy groups -OCH3 is 1. The summed E-state index contributed by atoms with van der Waals surface area (Å²) in [5, 5.41) is 33.9. The van der Waals surface area contributed by atoms with E-state index in [2.05, 4.69) is 5.32 Å². The number of carbonyl (C=O) groups excluding carboxylic acids is 2. The van der Waals surface area contributed by atoms with Crippen LogP contribution in [-0.4, -0.2) is 51.9 Å². The zero-order valence-electron chi connectivity index (χ0n) is 20.1. The smallest absolute Gasteiger partial charge is 0.327 e. The Morgan fingerprint density at radius 2 is 1.77 bits per heavy atom. The number of hydrogen-bond donors (Lipinski definition) is 4. The monoisotopic (exact) mass is 482 g/mol. The van der Waals surface area contributed by atoms with E-state index in [-0.39, 0.29) is 11.5 Å². The molecule has 2 saturated heterocycles. The topological polar surface area (TPSA) is 136 Å². The molecular formula is C26H30N2O7. The maximum Gasteiger partial charge on any atom is 0.327 e. The van der Waals surface area contributed by atoms with Gasteiger partial charge in [0, 0.05) is 6.04 Å². The van der Waals surface area contributed by atoms with Gasteiger partial charge in [-0.25, -0.2) is 4.90 Å². The molecule has 2 aromatic rings. The van der Waals surface area contributed by atoms with Crippen LogP contribution in [0.1, 0.15) is 43.5 Å². The number of benzene rings is 2. The Kier molecular flexibility index (Phi) is 6.33. The third-order valence-corrected chi connectivity index (χ3v) is 7.36. The molecule has 0 aliphatic carbocycles. The molecule has 2 aliphatic rings. The van der Waals surface area contributed by atoms with Gasteiger partial charge in [0.2, 0.25) is 11.8 Å². The molecular weight excluding hydrogens is 452 g/mol. The molecule has 186 valence electrons. The number of anilines is 1. The first-order valence-electron chi connectivity index (χ1n) is 11.7. The molecule has 9 nitrogen and oxygen atoms in total. The highest BCUT2D eigenvalue weighted by molar-refractivity contribution is 6.25. The molecule has 0 spiro atoms. The van der Waals surface area contributed by atoms with Gasteiger partial charge < -0.3 is 20.1 Å². The van der Waals surface area contributed by atoms with Gasteiger partial charge in [0.25, 0.3) is 0 Å². The molecule has 35 heavy (non-hydrogen) atoms. The fraction of sp³-hybridized carbons (Fsp3) is 0.423. The quantitative estimate of drug-likeness (QED) is 0.441. The van der Waals surface area contributed by atoms with Crippen LogP contribution in [0.25, 0.3) is 0 Å². The average molecular weight is 483 g/mol. The molecule has 0 saturated carbocycles. The van der Waals surface area contributed by atoms with Gasteiger partial charge in [0.15, 0.2) is 17.0 Å². The van der Waals surface area contributed by atoms with E-state index in [1.165, 1.54) is 26.2 Å². The van der Waals surface area contributed by atoms with Gasteiger partial charge in [-0.1, -0.05) is 38.1 Å². The van der Waals surface area contributed by atoms with E-state index in [0.717, 1.165) is 16.0 Å². The van der Waals surface area contributed by atoms with Crippen LogP contribution in [0.4, 0.5) is 5.69 Å². The predicted octanol–water partition coefficient (Wildman–Crippen LogP) is 2.18. The Morgan fingerprint density at radius 1 is 1.14 bits per heavy atom. The zero-order chi connectivity index (χ0) is 25.7. The molecule has 2 amide bonds. The Labute approximate surface area is 203 Å². The van der Waals surface area contributed by atoms with Crippen molar-refractivity contribution in [2.75, 3.05) is 12.0 Å². The number of phenols is 1. The minimum atomic E-state index is -2.09. The first-order valence-corrected chi connectivity index (χ1v) is 11.7. The van der Waals surface area contributed by atoms with E-state index >= 15 is 0 Å². The summed E-state index contributed by atoms with van der Waals surface area (Å²) in [4.78, 5) is 41.7. The predicted molar refractivity (Wildman–Crippen MR) is 127 cm³/mol. The summed E-state index contributed by atoms with van der Waals surface area (Å²) in [6.45, 7) is 5.15. The summed E-state index contributed by atoms with van der Waals surface area (Å²) in [6.07, 6.45) is -0.333. The van der Waals surface area contributed by atoms with Crippen molar-refractivity contribution < 1.29 is 34.4 Å². The maximum absolute atomic E-state index is 14.0. The van der Waals surface area contributed by atoms with Crippen LogP contribution in [0.5, 0.6) is 11.5 Å². The second-order valence-corrected chi connectivity index (χ2v) is 9.05. The number of carboxylic acid groups (broad SMARTS) is 1. The van der Waals surface area contributed by atoms with E-state index in [0.29, 0.717) is 24.1 Å². The van der Waals surface area contributed by atoms with Crippen molar-refractivity contribution >= 4 is 23.5 Å². The molecule has 2 fully saturated rings. The lowest BCUT2D eigenvalue weighted by molar-refractivity contribution is -0.154. The van der Waals surface area contributed by atoms with Crippen molar-refractivity contribution in [1.82, 2.24) is 5.32 Å². The summed E-state index contributed by atoms with van der Waals surface area (Å²) < 4.78 is 5.20. The number of nitrogens with zero attached hydrogens (tertiary/aromatic N) is 1. The summed E-state index contributed by atoms with van der Waals surface area (Å²) in [6, 6.07) is 9.09. The number of phenolic OH excluding ortho intramolecular Hbond substituents is 1. The summed E-state index contributed by atoms with van der Waals surface area (Å²) in [5.41, 5.74) is 0.476. The number of carboxylic acids is 1. The standard InChI is InChI=1S/C26H30N2O7/c1-5-14-8-7-9-15(6-2)22(14)28-23(31)19-20(24(28)32)26(13(3)29,25(33)34)27-21(19)16-10-11-17(30)18(12-16)35-4/h7-13,19-21,27,29-30H,5-6H2,1-4H3,(H,33,34). The molecule has 9 heteroatoms. The number of imide groups is 1. The van der Waals surface area contributed by atoms with Crippen molar-refractivity contribution in [2.45, 2.75) is 51.3 Å². The molecule has 2 aromatic carbocycles. The van der Waals surface area contributed by atoms with Crippen molar-refractivity contribution in [1.29, 1.82) is 0 Å². The number of aryl methyl sites for hydroxylation is 2. The van der Waals surface area contributed by atoms with Crippen LogP contribution in [-0.2, 0) is 27.2 Å². The Morgan fingerprint density at radius 3 is 2.29 bits per heavy atom. The Bertz CT molecular complexity index is 1170. The third kappa shape index (κ3) is 3.49. The minimum Gasteiger partial charge on any atom is -0.504 e. The molecule has 2 aliphatic heterocycles. The number of aliphatic hydroxyl groups is 1. The first-order chi connectivity index (χ1) is 16.6. The Balaban J connectivity index is 1.94. The molecule has 0 aromatic heterocycles. The van der Waals surface area contributed by atoms with Gasteiger partial charge in [0.05, 0.1) is 30.7 Å². The van der Waals surface area contributed by atoms with Gasteiger partial charge in [-0.3, -0.25) is 19.7 Å². The highest BCUT2D eigenvalue weighted by Gasteiger charge is 2.70. The number of aliphatic carboxylic acids is 1.